The van der Waals surface area contributed by atoms with E-state index in [1.807, 2.05) is 41.5 Å². The lowest BCUT2D eigenvalue weighted by atomic mass is 9.78. The zero-order chi connectivity index (χ0) is 27.1. The molecule has 0 saturated carbocycles. The Bertz CT molecular complexity index is 1280. The first kappa shape index (κ1) is 26.8. The van der Waals surface area contributed by atoms with Crippen LogP contribution in [-0.2, 0) is 17.0 Å². The molecule has 0 amide bonds. The first-order valence-corrected chi connectivity index (χ1v) is 11.0. The van der Waals surface area contributed by atoms with Gasteiger partial charge >= 0.3 is 6.18 Å². The number of benzene rings is 2. The van der Waals surface area contributed by atoms with Crippen LogP contribution in [0.5, 0.6) is 0 Å². The zero-order valence-electron chi connectivity index (χ0n) is 20.7. The second-order valence-electron chi connectivity index (χ2n) is 10.4. The van der Waals surface area contributed by atoms with Crippen molar-refractivity contribution in [3.8, 4) is 0 Å². The summed E-state index contributed by atoms with van der Waals surface area (Å²) < 4.78 is 52.8. The number of anilines is 4. The minimum absolute atomic E-state index is 0.0641. The first-order valence-electron chi connectivity index (χ1n) is 11.0. The highest BCUT2D eigenvalue weighted by Gasteiger charge is 2.33. The fourth-order valence-electron chi connectivity index (χ4n) is 3.63. The fraction of sp³-hybridized carbons (Fsp3) is 0.360. The molecule has 0 atom stereocenters. The average molecular weight is 506 g/mol. The van der Waals surface area contributed by atoms with E-state index in [0.29, 0.717) is 16.9 Å². The topological polar surface area (TPSA) is 93.0 Å². The molecule has 0 unspecified atom stereocenters. The normalized spacial score (nSPS) is 12.4. The third kappa shape index (κ3) is 6.07. The van der Waals surface area contributed by atoms with Gasteiger partial charge in [0.1, 0.15) is 17.3 Å². The molecule has 11 heteroatoms. The standard InChI is InChI=1S/C25H27F4N5O2/c1-23(2,3)19-20(24(4,5)6)32-22(30-16-10-7-14(8-11-16)25(27,28)29)33-21(19)31-17-13-15(26)9-12-18(17)34(35)36/h7-13H,1-6H3,(H2,30,31,32,33). The highest BCUT2D eigenvalue weighted by atomic mass is 19.4. The van der Waals surface area contributed by atoms with Crippen molar-refractivity contribution in [1.82, 2.24) is 9.97 Å². The fourth-order valence-corrected chi connectivity index (χ4v) is 3.63. The molecule has 0 radical (unpaired) electrons. The van der Waals surface area contributed by atoms with E-state index in [2.05, 4.69) is 20.6 Å². The van der Waals surface area contributed by atoms with E-state index in [4.69, 9.17) is 0 Å². The van der Waals surface area contributed by atoms with E-state index in [1.54, 1.807) is 0 Å². The molecule has 1 aromatic heterocycles. The second-order valence-corrected chi connectivity index (χ2v) is 10.4. The molecular formula is C25H27F4N5O2. The van der Waals surface area contributed by atoms with Crippen molar-refractivity contribution in [2.24, 2.45) is 0 Å². The van der Waals surface area contributed by atoms with Gasteiger partial charge in [0.15, 0.2) is 0 Å². The minimum Gasteiger partial charge on any atom is -0.334 e. The van der Waals surface area contributed by atoms with Gasteiger partial charge in [-0.15, -0.1) is 0 Å². The number of nitrogens with zero attached hydrogens (tertiary/aromatic N) is 3. The van der Waals surface area contributed by atoms with Crippen molar-refractivity contribution in [1.29, 1.82) is 0 Å². The van der Waals surface area contributed by atoms with Crippen LogP contribution in [0, 0.1) is 15.9 Å². The van der Waals surface area contributed by atoms with Gasteiger partial charge in [-0.25, -0.2) is 9.37 Å². The molecule has 2 N–H and O–H groups in total. The molecule has 3 rings (SSSR count). The molecule has 3 aromatic rings. The molecule has 0 fully saturated rings. The van der Waals surface area contributed by atoms with Crippen LogP contribution in [-0.4, -0.2) is 14.9 Å². The number of nitro groups is 1. The summed E-state index contributed by atoms with van der Waals surface area (Å²) in [5, 5.41) is 17.4. The van der Waals surface area contributed by atoms with Gasteiger partial charge in [-0.3, -0.25) is 10.1 Å². The molecule has 0 aliphatic heterocycles. The van der Waals surface area contributed by atoms with Crippen molar-refractivity contribution < 1.29 is 22.5 Å². The SMILES string of the molecule is CC(C)(C)c1nc(Nc2ccc(C(F)(F)F)cc2)nc(Nc2cc(F)ccc2[N+](=O)[O-])c1C(C)(C)C. The maximum Gasteiger partial charge on any atom is 0.416 e. The van der Waals surface area contributed by atoms with Crippen LogP contribution in [0.1, 0.15) is 58.4 Å². The molecule has 36 heavy (non-hydrogen) atoms. The van der Waals surface area contributed by atoms with Crippen LogP contribution < -0.4 is 10.6 Å². The number of hydrogen-bond donors (Lipinski definition) is 2. The molecule has 192 valence electrons. The summed E-state index contributed by atoms with van der Waals surface area (Å²) in [7, 11) is 0. The summed E-state index contributed by atoms with van der Waals surface area (Å²) >= 11 is 0. The summed E-state index contributed by atoms with van der Waals surface area (Å²) in [4.78, 5) is 20.1. The maximum atomic E-state index is 14.0. The lowest BCUT2D eigenvalue weighted by Gasteiger charge is -2.31. The Morgan fingerprint density at radius 1 is 0.861 bits per heavy atom. The van der Waals surface area contributed by atoms with Crippen LogP contribution in [0.3, 0.4) is 0 Å². The quantitative estimate of drug-likeness (QED) is 0.210. The van der Waals surface area contributed by atoms with Gasteiger partial charge < -0.3 is 10.6 Å². The molecule has 0 spiro atoms. The van der Waals surface area contributed by atoms with Crippen molar-refractivity contribution in [2.75, 3.05) is 10.6 Å². The average Bonchev–Trinajstić information content (AvgIpc) is 2.71. The summed E-state index contributed by atoms with van der Waals surface area (Å²) in [5.74, 6) is -0.395. The van der Waals surface area contributed by atoms with E-state index in [-0.39, 0.29) is 23.1 Å². The zero-order valence-corrected chi connectivity index (χ0v) is 20.7. The Labute approximate surface area is 206 Å². The lowest BCUT2D eigenvalue weighted by molar-refractivity contribution is -0.384. The van der Waals surface area contributed by atoms with Gasteiger partial charge in [0, 0.05) is 28.8 Å². The van der Waals surface area contributed by atoms with Crippen molar-refractivity contribution in [3.05, 3.63) is 75.2 Å². The molecule has 0 aliphatic rings. The lowest BCUT2D eigenvalue weighted by Crippen LogP contribution is -2.26. The number of nitro benzene ring substituents is 1. The largest absolute Gasteiger partial charge is 0.416 e. The predicted octanol–water partition coefficient (Wildman–Crippen LogP) is 7.62. The smallest absolute Gasteiger partial charge is 0.334 e. The maximum absolute atomic E-state index is 14.0. The molecule has 0 aliphatic carbocycles. The van der Waals surface area contributed by atoms with Crippen LogP contribution in [0.15, 0.2) is 42.5 Å². The van der Waals surface area contributed by atoms with E-state index in [9.17, 15) is 27.7 Å². The summed E-state index contributed by atoms with van der Waals surface area (Å²) in [5.41, 5.74) is -0.685. The van der Waals surface area contributed by atoms with Gasteiger partial charge in [0.25, 0.3) is 5.69 Å². The Balaban J connectivity index is 2.18. The second kappa shape index (κ2) is 9.36. The number of alkyl halides is 3. The molecule has 0 bridgehead atoms. The van der Waals surface area contributed by atoms with E-state index in [1.165, 1.54) is 12.1 Å². The van der Waals surface area contributed by atoms with E-state index >= 15 is 0 Å². The monoisotopic (exact) mass is 505 g/mol. The van der Waals surface area contributed by atoms with E-state index in [0.717, 1.165) is 30.3 Å². The first-order chi connectivity index (χ1) is 16.5. The highest BCUT2D eigenvalue weighted by Crippen LogP contribution is 2.40. The number of halogens is 4. The van der Waals surface area contributed by atoms with Gasteiger partial charge in [0.05, 0.1) is 16.2 Å². The Hall–Kier alpha value is -3.76. The Morgan fingerprint density at radius 2 is 1.47 bits per heavy atom. The summed E-state index contributed by atoms with van der Waals surface area (Å²) in [6.07, 6.45) is -4.47. The number of aromatic nitrogens is 2. The van der Waals surface area contributed by atoms with Crippen molar-refractivity contribution >= 4 is 28.8 Å². The number of hydrogen-bond acceptors (Lipinski definition) is 6. The minimum atomic E-state index is -4.47. The predicted molar refractivity (Wildman–Crippen MR) is 130 cm³/mol. The number of rotatable bonds is 5. The van der Waals surface area contributed by atoms with Crippen LogP contribution in [0.4, 0.5) is 46.4 Å². The molecule has 2 aromatic carbocycles. The molecule has 0 saturated heterocycles. The molecular weight excluding hydrogens is 478 g/mol. The van der Waals surface area contributed by atoms with Crippen LogP contribution >= 0.6 is 0 Å². The Morgan fingerprint density at radius 3 is 1.97 bits per heavy atom. The van der Waals surface area contributed by atoms with Gasteiger partial charge in [-0.05, 0) is 35.7 Å². The van der Waals surface area contributed by atoms with Crippen LogP contribution in [0.2, 0.25) is 0 Å². The third-order valence-electron chi connectivity index (χ3n) is 5.25. The van der Waals surface area contributed by atoms with E-state index < -0.39 is 33.3 Å². The molecule has 7 nitrogen and oxygen atoms in total. The Kier molecular flexibility index (Phi) is 6.98. The van der Waals surface area contributed by atoms with Crippen LogP contribution in [0.25, 0.3) is 0 Å². The van der Waals surface area contributed by atoms with Gasteiger partial charge in [-0.1, -0.05) is 41.5 Å². The van der Waals surface area contributed by atoms with Crippen molar-refractivity contribution in [3.63, 3.8) is 0 Å². The van der Waals surface area contributed by atoms with Gasteiger partial charge in [0.2, 0.25) is 5.95 Å². The summed E-state index contributed by atoms with van der Waals surface area (Å²) in [6.45, 7) is 11.6. The summed E-state index contributed by atoms with van der Waals surface area (Å²) in [6, 6.07) is 7.44. The number of nitrogens with one attached hydrogen (secondary N) is 2. The van der Waals surface area contributed by atoms with Gasteiger partial charge in [-0.2, -0.15) is 18.2 Å². The molecule has 1 heterocycles. The highest BCUT2D eigenvalue weighted by molar-refractivity contribution is 5.72. The third-order valence-corrected chi connectivity index (χ3v) is 5.25. The van der Waals surface area contributed by atoms with Crippen molar-refractivity contribution in [2.45, 2.75) is 58.5 Å².